The van der Waals surface area contributed by atoms with Gasteiger partial charge in [0.2, 0.25) is 5.91 Å². The van der Waals surface area contributed by atoms with Gasteiger partial charge in [0.15, 0.2) is 0 Å². The van der Waals surface area contributed by atoms with Crippen LogP contribution in [0.4, 0.5) is 4.79 Å². The predicted octanol–water partition coefficient (Wildman–Crippen LogP) is 2.02. The second kappa shape index (κ2) is 9.89. The number of amides is 3. The lowest BCUT2D eigenvalue weighted by atomic mass is 10.2. The molecule has 0 radical (unpaired) electrons. The number of nitrogens with zero attached hydrogens (tertiary/aromatic N) is 1. The van der Waals surface area contributed by atoms with Crippen molar-refractivity contribution in [3.8, 4) is 5.75 Å². The van der Waals surface area contributed by atoms with Crippen LogP contribution in [0.25, 0.3) is 0 Å². The highest BCUT2D eigenvalue weighted by atomic mass is 35.5. The van der Waals surface area contributed by atoms with Gasteiger partial charge in [0.25, 0.3) is 0 Å². The van der Waals surface area contributed by atoms with Gasteiger partial charge in [0.05, 0.1) is 6.54 Å². The Morgan fingerprint density at radius 2 is 1.95 bits per heavy atom. The van der Waals surface area contributed by atoms with Crippen molar-refractivity contribution in [1.29, 1.82) is 0 Å². The van der Waals surface area contributed by atoms with Crippen molar-refractivity contribution in [2.24, 2.45) is 5.73 Å². The number of urea groups is 1. The van der Waals surface area contributed by atoms with Crippen molar-refractivity contribution in [2.75, 3.05) is 26.7 Å². The first-order valence-electron chi connectivity index (χ1n) is 7.14. The number of unbranched alkanes of at least 4 members (excludes halogenated alkanes) is 1. The van der Waals surface area contributed by atoms with Crippen LogP contribution >= 0.6 is 11.6 Å². The number of primary amides is 1. The lowest BCUT2D eigenvalue weighted by Crippen LogP contribution is -2.31. The molecular weight excluding hydrogens is 306 g/mol. The van der Waals surface area contributed by atoms with Crippen molar-refractivity contribution in [1.82, 2.24) is 10.2 Å². The van der Waals surface area contributed by atoms with Crippen LogP contribution < -0.4 is 15.8 Å². The minimum Gasteiger partial charge on any atom is -0.492 e. The molecule has 3 amide bonds. The van der Waals surface area contributed by atoms with Crippen molar-refractivity contribution in [3.63, 3.8) is 0 Å². The molecule has 0 aliphatic carbocycles. The Labute approximate surface area is 135 Å². The summed E-state index contributed by atoms with van der Waals surface area (Å²) in [6, 6.07) is 6.55. The van der Waals surface area contributed by atoms with Gasteiger partial charge in [-0.05, 0) is 37.1 Å². The Hall–Kier alpha value is -1.95. The molecular formula is C15H22ClN3O3. The second-order valence-electron chi connectivity index (χ2n) is 4.87. The molecule has 122 valence electrons. The van der Waals surface area contributed by atoms with Crippen LogP contribution in [0.3, 0.4) is 0 Å². The van der Waals surface area contributed by atoms with E-state index >= 15 is 0 Å². The van der Waals surface area contributed by atoms with Crippen molar-refractivity contribution in [3.05, 3.63) is 29.3 Å². The van der Waals surface area contributed by atoms with Gasteiger partial charge in [-0.2, -0.15) is 0 Å². The lowest BCUT2D eigenvalue weighted by Gasteiger charge is -2.17. The fourth-order valence-electron chi connectivity index (χ4n) is 1.76. The van der Waals surface area contributed by atoms with Gasteiger partial charge in [-0.15, -0.1) is 0 Å². The molecule has 1 aromatic rings. The van der Waals surface area contributed by atoms with Gasteiger partial charge in [0.1, 0.15) is 12.4 Å². The summed E-state index contributed by atoms with van der Waals surface area (Å²) in [6.45, 7) is 1.43. The van der Waals surface area contributed by atoms with E-state index in [1.54, 1.807) is 36.2 Å². The van der Waals surface area contributed by atoms with Crippen LogP contribution in [0, 0.1) is 0 Å². The number of carbonyl (C=O) groups excluding carboxylic acids is 2. The lowest BCUT2D eigenvalue weighted by molar-refractivity contribution is -0.130. The first-order chi connectivity index (χ1) is 10.5. The standard InChI is InChI=1S/C15H22ClN3O3/c1-19(14(20)4-2-3-9-18-15(17)21)10-11-22-13-7-5-12(16)6-8-13/h5-8H,2-4,9-11H2,1H3,(H3,17,18,21). The molecule has 0 unspecified atom stereocenters. The smallest absolute Gasteiger partial charge is 0.312 e. The third-order valence-electron chi connectivity index (χ3n) is 3.05. The average molecular weight is 328 g/mol. The highest BCUT2D eigenvalue weighted by Crippen LogP contribution is 2.15. The first-order valence-corrected chi connectivity index (χ1v) is 7.52. The highest BCUT2D eigenvalue weighted by molar-refractivity contribution is 6.30. The molecule has 7 heteroatoms. The minimum absolute atomic E-state index is 0.0544. The molecule has 1 aromatic carbocycles. The molecule has 0 bridgehead atoms. The number of nitrogens with two attached hydrogens (primary N) is 1. The zero-order valence-electron chi connectivity index (χ0n) is 12.7. The Morgan fingerprint density at radius 3 is 2.59 bits per heavy atom. The average Bonchev–Trinajstić information content (AvgIpc) is 2.48. The zero-order valence-corrected chi connectivity index (χ0v) is 13.4. The number of benzene rings is 1. The quantitative estimate of drug-likeness (QED) is 0.680. The van der Waals surface area contributed by atoms with E-state index in [0.717, 1.165) is 12.2 Å². The van der Waals surface area contributed by atoms with Gasteiger partial charge in [0, 0.05) is 25.0 Å². The molecule has 0 aliphatic rings. The number of carbonyl (C=O) groups is 2. The van der Waals surface area contributed by atoms with Crippen LogP contribution in [0.2, 0.25) is 5.02 Å². The van der Waals surface area contributed by atoms with E-state index < -0.39 is 6.03 Å². The Morgan fingerprint density at radius 1 is 1.27 bits per heavy atom. The molecule has 1 rings (SSSR count). The van der Waals surface area contributed by atoms with E-state index in [-0.39, 0.29) is 5.91 Å². The largest absolute Gasteiger partial charge is 0.492 e. The van der Waals surface area contributed by atoms with Gasteiger partial charge >= 0.3 is 6.03 Å². The van der Waals surface area contributed by atoms with Gasteiger partial charge in [-0.3, -0.25) is 4.79 Å². The highest BCUT2D eigenvalue weighted by Gasteiger charge is 2.08. The summed E-state index contributed by atoms with van der Waals surface area (Å²) in [5.74, 6) is 0.779. The number of likely N-dealkylation sites (N-methyl/N-ethyl adjacent to an activating group) is 1. The number of hydrogen-bond acceptors (Lipinski definition) is 3. The summed E-state index contributed by atoms with van der Waals surface area (Å²) in [5.41, 5.74) is 4.95. The SMILES string of the molecule is CN(CCOc1ccc(Cl)cc1)C(=O)CCCCNC(N)=O. The van der Waals surface area contributed by atoms with Crippen molar-refractivity contribution < 1.29 is 14.3 Å². The maximum atomic E-state index is 11.9. The molecule has 0 aromatic heterocycles. The van der Waals surface area contributed by atoms with Gasteiger partial charge in [-0.1, -0.05) is 11.6 Å². The topological polar surface area (TPSA) is 84.7 Å². The number of nitrogens with one attached hydrogen (secondary N) is 1. The fraction of sp³-hybridized carbons (Fsp3) is 0.467. The maximum Gasteiger partial charge on any atom is 0.312 e. The van der Waals surface area contributed by atoms with Crippen LogP contribution in [0.5, 0.6) is 5.75 Å². The summed E-state index contributed by atoms with van der Waals surface area (Å²) in [4.78, 5) is 24.0. The van der Waals surface area contributed by atoms with Gasteiger partial charge < -0.3 is 20.7 Å². The van der Waals surface area contributed by atoms with E-state index in [1.807, 2.05) is 0 Å². The molecule has 0 heterocycles. The second-order valence-corrected chi connectivity index (χ2v) is 5.30. The summed E-state index contributed by atoms with van der Waals surface area (Å²) >= 11 is 5.79. The summed E-state index contributed by atoms with van der Waals surface area (Å²) in [6.07, 6.45) is 1.88. The number of halogens is 1. The Bertz CT molecular complexity index is 479. The fourth-order valence-corrected chi connectivity index (χ4v) is 1.89. The van der Waals surface area contributed by atoms with Crippen LogP contribution in [0.1, 0.15) is 19.3 Å². The third-order valence-corrected chi connectivity index (χ3v) is 3.30. The Kier molecular flexibility index (Phi) is 8.14. The van der Waals surface area contributed by atoms with Crippen LogP contribution in [-0.2, 0) is 4.79 Å². The van der Waals surface area contributed by atoms with Crippen molar-refractivity contribution in [2.45, 2.75) is 19.3 Å². The maximum absolute atomic E-state index is 11.9. The summed E-state index contributed by atoms with van der Waals surface area (Å²) in [7, 11) is 1.75. The monoisotopic (exact) mass is 327 g/mol. The van der Waals surface area contributed by atoms with E-state index in [1.165, 1.54) is 0 Å². The summed E-state index contributed by atoms with van der Waals surface area (Å²) in [5, 5.41) is 3.15. The molecule has 0 atom stereocenters. The number of ether oxygens (including phenoxy) is 1. The molecule has 0 aliphatic heterocycles. The van der Waals surface area contributed by atoms with E-state index in [0.29, 0.717) is 37.6 Å². The predicted molar refractivity (Wildman–Crippen MR) is 86.0 cm³/mol. The molecule has 22 heavy (non-hydrogen) atoms. The number of hydrogen-bond donors (Lipinski definition) is 2. The summed E-state index contributed by atoms with van der Waals surface area (Å²) < 4.78 is 5.54. The Balaban J connectivity index is 2.13. The molecule has 0 fully saturated rings. The normalized spacial score (nSPS) is 10.1. The molecule has 0 spiro atoms. The third kappa shape index (κ3) is 7.73. The molecule has 0 saturated carbocycles. The number of rotatable bonds is 9. The van der Waals surface area contributed by atoms with Crippen LogP contribution in [0.15, 0.2) is 24.3 Å². The molecule has 3 N–H and O–H groups in total. The van der Waals surface area contributed by atoms with Crippen molar-refractivity contribution >= 4 is 23.5 Å². The van der Waals surface area contributed by atoms with E-state index in [2.05, 4.69) is 5.32 Å². The van der Waals surface area contributed by atoms with E-state index in [9.17, 15) is 9.59 Å². The zero-order chi connectivity index (χ0) is 16.4. The molecule has 0 saturated heterocycles. The first kappa shape index (κ1) is 18.1. The molecule has 6 nitrogen and oxygen atoms in total. The van der Waals surface area contributed by atoms with Crippen LogP contribution in [-0.4, -0.2) is 43.6 Å². The minimum atomic E-state index is -0.539. The van der Waals surface area contributed by atoms with Gasteiger partial charge in [-0.25, -0.2) is 4.79 Å². The van der Waals surface area contributed by atoms with E-state index in [4.69, 9.17) is 22.1 Å².